The summed E-state index contributed by atoms with van der Waals surface area (Å²) < 4.78 is 5.50. The minimum Gasteiger partial charge on any atom is -0.381 e. The van der Waals surface area contributed by atoms with Crippen LogP contribution in [0.1, 0.15) is 43.2 Å². The molecular weight excluding hydrogens is 324 g/mol. The average Bonchev–Trinajstić information content (AvgIpc) is 3.20. The second-order valence-corrected chi connectivity index (χ2v) is 8.35. The van der Waals surface area contributed by atoms with E-state index >= 15 is 0 Å². The lowest BCUT2D eigenvalue weighted by molar-refractivity contribution is -0.132. The normalized spacial score (nSPS) is 24.6. The van der Waals surface area contributed by atoms with Gasteiger partial charge in [-0.05, 0) is 68.2 Å². The van der Waals surface area contributed by atoms with E-state index in [4.69, 9.17) is 4.74 Å². The fourth-order valence-corrected chi connectivity index (χ4v) is 4.74. The predicted molar refractivity (Wildman–Crippen MR) is 103 cm³/mol. The van der Waals surface area contributed by atoms with E-state index < -0.39 is 0 Å². The summed E-state index contributed by atoms with van der Waals surface area (Å²) in [5.74, 6) is 1.83. The number of hydrogen-bond acceptors (Lipinski definition) is 3. The highest BCUT2D eigenvalue weighted by molar-refractivity contribution is 5.76. The minimum atomic E-state index is 0.352. The quantitative estimate of drug-likeness (QED) is 0.813. The summed E-state index contributed by atoms with van der Waals surface area (Å²) in [6.45, 7) is 7.20. The number of nitrogens with zero attached hydrogens (tertiary/aromatic N) is 2. The number of amides is 1. The maximum absolute atomic E-state index is 12.6. The molecule has 4 nitrogen and oxygen atoms in total. The molecule has 0 radical (unpaired) electrons. The van der Waals surface area contributed by atoms with Gasteiger partial charge in [-0.3, -0.25) is 4.79 Å². The number of likely N-dealkylation sites (tertiary alicyclic amines) is 1. The van der Waals surface area contributed by atoms with Crippen LogP contribution in [0.4, 0.5) is 0 Å². The molecule has 142 valence electrons. The molecule has 4 rings (SSSR count). The summed E-state index contributed by atoms with van der Waals surface area (Å²) in [4.78, 5) is 17.3. The van der Waals surface area contributed by atoms with Crippen molar-refractivity contribution < 1.29 is 9.53 Å². The number of piperidine rings is 1. The van der Waals surface area contributed by atoms with Gasteiger partial charge in [-0.2, -0.15) is 0 Å². The van der Waals surface area contributed by atoms with Gasteiger partial charge < -0.3 is 14.5 Å². The van der Waals surface area contributed by atoms with Gasteiger partial charge in [-0.25, -0.2) is 0 Å². The zero-order chi connectivity index (χ0) is 17.8. The molecule has 0 aromatic heterocycles. The van der Waals surface area contributed by atoms with E-state index in [9.17, 15) is 4.79 Å². The Bertz CT molecular complexity index is 604. The Hall–Kier alpha value is -1.39. The van der Waals surface area contributed by atoms with Crippen molar-refractivity contribution in [2.24, 2.45) is 11.8 Å². The first-order valence-electron chi connectivity index (χ1n) is 10.4. The molecule has 3 aliphatic heterocycles. The van der Waals surface area contributed by atoms with Gasteiger partial charge >= 0.3 is 0 Å². The number of rotatable bonds is 5. The van der Waals surface area contributed by atoms with Gasteiger partial charge in [0.05, 0.1) is 6.61 Å². The van der Waals surface area contributed by atoms with Crippen LogP contribution in [-0.2, 0) is 22.5 Å². The molecule has 0 saturated carbocycles. The van der Waals surface area contributed by atoms with Crippen LogP contribution in [0.5, 0.6) is 0 Å². The number of benzene rings is 1. The predicted octanol–water partition coefficient (Wildman–Crippen LogP) is 3.10. The molecule has 2 fully saturated rings. The van der Waals surface area contributed by atoms with Gasteiger partial charge in [-0.1, -0.05) is 24.3 Å². The Morgan fingerprint density at radius 3 is 2.62 bits per heavy atom. The Labute approximate surface area is 157 Å². The van der Waals surface area contributed by atoms with Crippen LogP contribution in [0.15, 0.2) is 24.3 Å². The number of ether oxygens (including phenoxy) is 1. The largest absolute Gasteiger partial charge is 0.381 e. The molecule has 4 heteroatoms. The molecule has 1 unspecified atom stereocenters. The van der Waals surface area contributed by atoms with Crippen molar-refractivity contribution in [2.45, 2.75) is 45.1 Å². The summed E-state index contributed by atoms with van der Waals surface area (Å²) in [5, 5.41) is 0. The second-order valence-electron chi connectivity index (χ2n) is 8.35. The van der Waals surface area contributed by atoms with Crippen LogP contribution in [0.2, 0.25) is 0 Å². The Kier molecular flexibility index (Phi) is 5.91. The molecule has 1 aromatic carbocycles. The second kappa shape index (κ2) is 8.53. The van der Waals surface area contributed by atoms with E-state index in [-0.39, 0.29) is 0 Å². The van der Waals surface area contributed by atoms with Crippen molar-refractivity contribution in [3.63, 3.8) is 0 Å². The van der Waals surface area contributed by atoms with Gasteiger partial charge in [0.2, 0.25) is 5.91 Å². The smallest absolute Gasteiger partial charge is 0.222 e. The topological polar surface area (TPSA) is 32.8 Å². The summed E-state index contributed by atoms with van der Waals surface area (Å²) in [7, 11) is 0. The number of hydrogen-bond donors (Lipinski definition) is 0. The highest BCUT2D eigenvalue weighted by Gasteiger charge is 2.25. The van der Waals surface area contributed by atoms with Crippen molar-refractivity contribution in [2.75, 3.05) is 39.4 Å². The van der Waals surface area contributed by atoms with Crippen molar-refractivity contribution >= 4 is 5.91 Å². The molecule has 0 bridgehead atoms. The van der Waals surface area contributed by atoms with Crippen LogP contribution < -0.4 is 0 Å². The maximum Gasteiger partial charge on any atom is 0.222 e. The zero-order valence-corrected chi connectivity index (χ0v) is 15.9. The molecule has 0 aliphatic carbocycles. The number of carbonyl (C=O) groups excluding carboxylic acids is 1. The lowest BCUT2D eigenvalue weighted by atomic mass is 9.91. The van der Waals surface area contributed by atoms with Gasteiger partial charge in [0.15, 0.2) is 0 Å². The Balaban J connectivity index is 1.17. The van der Waals surface area contributed by atoms with Crippen LogP contribution in [0.3, 0.4) is 0 Å². The standard InChI is InChI=1S/C22H32N2O2/c25-22(24-13-9-20-3-1-2-4-21(20)16-24)6-5-18-7-11-23(12-8-18)15-19-10-14-26-17-19/h1-4,18-19H,5-17H2. The molecule has 0 N–H and O–H groups in total. The van der Waals surface area contributed by atoms with Crippen molar-refractivity contribution in [3.05, 3.63) is 35.4 Å². The van der Waals surface area contributed by atoms with E-state index in [1.807, 2.05) is 0 Å². The third-order valence-electron chi connectivity index (χ3n) is 6.50. The van der Waals surface area contributed by atoms with Gasteiger partial charge in [0.1, 0.15) is 0 Å². The third-order valence-corrected chi connectivity index (χ3v) is 6.50. The monoisotopic (exact) mass is 356 g/mol. The molecule has 1 aromatic rings. The maximum atomic E-state index is 12.6. The lowest BCUT2D eigenvalue weighted by Gasteiger charge is -2.34. The Morgan fingerprint density at radius 1 is 1.04 bits per heavy atom. The summed E-state index contributed by atoms with van der Waals surface area (Å²) in [6, 6.07) is 8.54. The molecule has 3 aliphatic rings. The van der Waals surface area contributed by atoms with Gasteiger partial charge in [-0.15, -0.1) is 0 Å². The first-order chi connectivity index (χ1) is 12.8. The van der Waals surface area contributed by atoms with Crippen molar-refractivity contribution in [1.29, 1.82) is 0 Å². The highest BCUT2D eigenvalue weighted by atomic mass is 16.5. The van der Waals surface area contributed by atoms with E-state index in [1.165, 1.54) is 50.0 Å². The molecular formula is C22H32N2O2. The SMILES string of the molecule is O=C(CCC1CCN(CC2CCOC2)CC1)N1CCc2ccccc2C1. The molecule has 3 heterocycles. The lowest BCUT2D eigenvalue weighted by Crippen LogP contribution is -2.38. The van der Waals surface area contributed by atoms with Crippen LogP contribution in [-0.4, -0.2) is 55.1 Å². The third kappa shape index (κ3) is 4.47. The zero-order valence-electron chi connectivity index (χ0n) is 15.9. The fourth-order valence-electron chi connectivity index (χ4n) is 4.74. The van der Waals surface area contributed by atoms with Crippen molar-refractivity contribution in [3.8, 4) is 0 Å². The summed E-state index contributed by atoms with van der Waals surface area (Å²) >= 11 is 0. The molecule has 1 atom stereocenters. The number of fused-ring (bicyclic) bond motifs is 1. The van der Waals surface area contributed by atoms with Gasteiger partial charge in [0, 0.05) is 32.7 Å². The first-order valence-corrected chi connectivity index (χ1v) is 10.4. The van der Waals surface area contributed by atoms with Crippen LogP contribution in [0.25, 0.3) is 0 Å². The van der Waals surface area contributed by atoms with Gasteiger partial charge in [0.25, 0.3) is 0 Å². The minimum absolute atomic E-state index is 0.352. The molecule has 0 spiro atoms. The average molecular weight is 357 g/mol. The van der Waals surface area contributed by atoms with E-state index in [0.717, 1.165) is 57.4 Å². The van der Waals surface area contributed by atoms with Crippen LogP contribution in [0, 0.1) is 11.8 Å². The molecule has 2 saturated heterocycles. The van der Waals surface area contributed by atoms with Crippen LogP contribution >= 0.6 is 0 Å². The van der Waals surface area contributed by atoms with E-state index in [2.05, 4.69) is 34.1 Å². The highest BCUT2D eigenvalue weighted by Crippen LogP contribution is 2.25. The fraction of sp³-hybridized carbons (Fsp3) is 0.682. The van der Waals surface area contributed by atoms with E-state index in [1.54, 1.807) is 0 Å². The van der Waals surface area contributed by atoms with E-state index in [0.29, 0.717) is 5.91 Å². The molecule has 26 heavy (non-hydrogen) atoms. The molecule has 1 amide bonds. The number of carbonyl (C=O) groups is 1. The summed E-state index contributed by atoms with van der Waals surface area (Å²) in [6.07, 6.45) is 6.53. The first kappa shape index (κ1) is 18.0. The van der Waals surface area contributed by atoms with Crippen molar-refractivity contribution in [1.82, 2.24) is 9.80 Å². The Morgan fingerprint density at radius 2 is 1.85 bits per heavy atom. The summed E-state index contributed by atoms with van der Waals surface area (Å²) in [5.41, 5.74) is 2.74.